The number of carbonyl (C=O) groups excluding carboxylic acids is 1. The van der Waals surface area contributed by atoms with Crippen molar-refractivity contribution in [2.45, 2.75) is 58.2 Å². The normalized spacial score (nSPS) is 18.5. The van der Waals surface area contributed by atoms with Gasteiger partial charge in [-0.3, -0.25) is 0 Å². The number of benzene rings is 2. The highest BCUT2D eigenvalue weighted by molar-refractivity contribution is 5.93. The van der Waals surface area contributed by atoms with E-state index in [1.165, 1.54) is 18.4 Å². The number of piperidine rings is 1. The van der Waals surface area contributed by atoms with Crippen molar-refractivity contribution in [3.05, 3.63) is 60.2 Å². The molecule has 2 aliphatic heterocycles. The van der Waals surface area contributed by atoms with Crippen LogP contribution in [0.2, 0.25) is 0 Å². The molecule has 2 amide bonds. The van der Waals surface area contributed by atoms with Crippen LogP contribution in [0.15, 0.2) is 54.6 Å². The van der Waals surface area contributed by atoms with Crippen molar-refractivity contribution in [3.63, 3.8) is 0 Å². The van der Waals surface area contributed by atoms with Crippen molar-refractivity contribution in [2.24, 2.45) is 0 Å². The first kappa shape index (κ1) is 24.6. The third-order valence-corrected chi connectivity index (χ3v) is 7.22. The molecule has 4 rings (SSSR count). The topological polar surface area (TPSA) is 48.0 Å². The first-order valence-corrected chi connectivity index (χ1v) is 12.9. The molecule has 34 heavy (non-hydrogen) atoms. The lowest BCUT2D eigenvalue weighted by Crippen LogP contribution is -2.50. The van der Waals surface area contributed by atoms with E-state index in [0.29, 0.717) is 12.6 Å². The van der Waals surface area contributed by atoms with Gasteiger partial charge >= 0.3 is 6.03 Å². The SMILES string of the molecule is CCCC(C)N1CCC(N(Cc2ccccc2)C(=O)Nc2ccccc2N2CCOCC2)CC1. The van der Waals surface area contributed by atoms with E-state index >= 15 is 0 Å². The number of nitrogens with zero attached hydrogens (tertiary/aromatic N) is 3. The first-order chi connectivity index (χ1) is 16.7. The van der Waals surface area contributed by atoms with E-state index in [2.05, 4.69) is 52.1 Å². The van der Waals surface area contributed by atoms with Crippen molar-refractivity contribution in [2.75, 3.05) is 49.6 Å². The highest BCUT2D eigenvalue weighted by Crippen LogP contribution is 2.28. The fraction of sp³-hybridized carbons (Fsp3) is 0.536. The van der Waals surface area contributed by atoms with E-state index in [9.17, 15) is 4.79 Å². The number of morpholine rings is 1. The highest BCUT2D eigenvalue weighted by atomic mass is 16.5. The maximum atomic E-state index is 13.7. The minimum Gasteiger partial charge on any atom is -0.378 e. The van der Waals surface area contributed by atoms with E-state index in [4.69, 9.17) is 4.74 Å². The van der Waals surface area contributed by atoms with Crippen molar-refractivity contribution < 1.29 is 9.53 Å². The minimum absolute atomic E-state index is 0.00961. The van der Waals surface area contributed by atoms with Crippen LogP contribution in [-0.4, -0.2) is 67.3 Å². The van der Waals surface area contributed by atoms with Crippen molar-refractivity contribution in [1.82, 2.24) is 9.80 Å². The van der Waals surface area contributed by atoms with Crippen LogP contribution in [-0.2, 0) is 11.3 Å². The van der Waals surface area contributed by atoms with Gasteiger partial charge in [0.1, 0.15) is 0 Å². The zero-order valence-electron chi connectivity index (χ0n) is 20.8. The molecule has 0 aromatic heterocycles. The summed E-state index contributed by atoms with van der Waals surface area (Å²) in [5.74, 6) is 0. The lowest BCUT2D eigenvalue weighted by Gasteiger charge is -2.41. The molecular weight excluding hydrogens is 424 g/mol. The molecule has 1 unspecified atom stereocenters. The van der Waals surface area contributed by atoms with E-state index in [1.807, 2.05) is 36.4 Å². The molecule has 0 radical (unpaired) electrons. The first-order valence-electron chi connectivity index (χ1n) is 12.9. The maximum Gasteiger partial charge on any atom is 0.322 e. The summed E-state index contributed by atoms with van der Waals surface area (Å²) < 4.78 is 5.53. The van der Waals surface area contributed by atoms with Crippen LogP contribution in [0, 0.1) is 0 Å². The predicted octanol–water partition coefficient (Wildman–Crippen LogP) is 5.21. The fourth-order valence-electron chi connectivity index (χ4n) is 5.23. The van der Waals surface area contributed by atoms with Gasteiger partial charge in [0.15, 0.2) is 0 Å². The quantitative estimate of drug-likeness (QED) is 0.583. The van der Waals surface area contributed by atoms with E-state index in [-0.39, 0.29) is 12.1 Å². The van der Waals surface area contributed by atoms with E-state index < -0.39 is 0 Å². The highest BCUT2D eigenvalue weighted by Gasteiger charge is 2.30. The molecule has 2 aromatic rings. The number of hydrogen-bond acceptors (Lipinski definition) is 4. The monoisotopic (exact) mass is 464 g/mol. The smallest absolute Gasteiger partial charge is 0.322 e. The summed E-state index contributed by atoms with van der Waals surface area (Å²) in [6, 6.07) is 19.3. The average molecular weight is 465 g/mol. The summed E-state index contributed by atoms with van der Waals surface area (Å²) in [6.07, 6.45) is 4.47. The number of rotatable bonds is 8. The van der Waals surface area contributed by atoms with Gasteiger partial charge in [0.2, 0.25) is 0 Å². The number of hydrogen-bond donors (Lipinski definition) is 1. The van der Waals surface area contributed by atoms with Crippen LogP contribution in [0.3, 0.4) is 0 Å². The summed E-state index contributed by atoms with van der Waals surface area (Å²) in [4.78, 5) is 20.7. The third-order valence-electron chi connectivity index (χ3n) is 7.22. The molecule has 0 bridgehead atoms. The Kier molecular flexibility index (Phi) is 8.83. The lowest BCUT2D eigenvalue weighted by molar-refractivity contribution is 0.0989. The predicted molar refractivity (Wildman–Crippen MR) is 139 cm³/mol. The van der Waals surface area contributed by atoms with Gasteiger partial charge in [-0.2, -0.15) is 0 Å². The van der Waals surface area contributed by atoms with Crippen molar-refractivity contribution in [1.29, 1.82) is 0 Å². The number of para-hydroxylation sites is 2. The molecule has 1 N–H and O–H groups in total. The number of anilines is 2. The van der Waals surface area contributed by atoms with Gasteiger partial charge in [0.05, 0.1) is 24.6 Å². The van der Waals surface area contributed by atoms with Gasteiger partial charge in [-0.25, -0.2) is 4.79 Å². The zero-order chi connectivity index (χ0) is 23.8. The second-order valence-electron chi connectivity index (χ2n) is 9.57. The zero-order valence-corrected chi connectivity index (χ0v) is 20.8. The molecule has 2 saturated heterocycles. The Labute approximate surface area is 204 Å². The number of amides is 2. The second-order valence-corrected chi connectivity index (χ2v) is 9.57. The Morgan fingerprint density at radius 2 is 1.71 bits per heavy atom. The molecule has 2 aliphatic rings. The number of ether oxygens (including phenoxy) is 1. The van der Waals surface area contributed by atoms with Gasteiger partial charge in [-0.05, 0) is 43.9 Å². The molecule has 0 saturated carbocycles. The van der Waals surface area contributed by atoms with Crippen LogP contribution in [0.4, 0.5) is 16.2 Å². The molecule has 0 aliphatic carbocycles. The summed E-state index contributed by atoms with van der Waals surface area (Å²) in [5.41, 5.74) is 3.12. The summed E-state index contributed by atoms with van der Waals surface area (Å²) in [6.45, 7) is 10.4. The fourth-order valence-corrected chi connectivity index (χ4v) is 5.23. The van der Waals surface area contributed by atoms with E-state index in [0.717, 1.165) is 63.6 Å². The third kappa shape index (κ3) is 6.30. The van der Waals surface area contributed by atoms with Gasteiger partial charge < -0.3 is 24.8 Å². The Morgan fingerprint density at radius 1 is 1.03 bits per heavy atom. The van der Waals surface area contributed by atoms with Crippen LogP contribution < -0.4 is 10.2 Å². The van der Waals surface area contributed by atoms with Crippen LogP contribution in [0.5, 0.6) is 0 Å². The Morgan fingerprint density at radius 3 is 2.41 bits per heavy atom. The molecular formula is C28H40N4O2. The number of likely N-dealkylation sites (tertiary alicyclic amines) is 1. The minimum atomic E-state index is -0.00961. The maximum absolute atomic E-state index is 13.7. The number of urea groups is 1. The number of carbonyl (C=O) groups is 1. The van der Waals surface area contributed by atoms with Crippen LogP contribution in [0.1, 0.15) is 45.1 Å². The molecule has 0 spiro atoms. The van der Waals surface area contributed by atoms with Gasteiger partial charge in [-0.15, -0.1) is 0 Å². The summed E-state index contributed by atoms with van der Waals surface area (Å²) >= 11 is 0. The van der Waals surface area contributed by atoms with Crippen molar-refractivity contribution in [3.8, 4) is 0 Å². The van der Waals surface area contributed by atoms with Gasteiger partial charge in [0, 0.05) is 44.8 Å². The van der Waals surface area contributed by atoms with E-state index in [1.54, 1.807) is 0 Å². The van der Waals surface area contributed by atoms with Gasteiger partial charge in [0.25, 0.3) is 0 Å². The average Bonchev–Trinajstić information content (AvgIpc) is 2.89. The van der Waals surface area contributed by atoms with Crippen molar-refractivity contribution >= 4 is 17.4 Å². The molecule has 6 heteroatoms. The number of nitrogens with one attached hydrogen (secondary N) is 1. The lowest BCUT2D eigenvalue weighted by atomic mass is 10.00. The molecule has 6 nitrogen and oxygen atoms in total. The molecule has 2 fully saturated rings. The Bertz CT molecular complexity index is 892. The standard InChI is InChI=1S/C28H40N4O2/c1-3-9-23(2)30-16-14-25(15-17-30)32(22-24-10-5-4-6-11-24)28(33)29-26-12-7-8-13-27(26)31-18-20-34-21-19-31/h4-8,10-13,23,25H,3,9,14-22H2,1-2H3,(H,29,33). The van der Waals surface area contributed by atoms with Gasteiger partial charge in [-0.1, -0.05) is 55.8 Å². The largest absolute Gasteiger partial charge is 0.378 e. The Hall–Kier alpha value is -2.57. The molecule has 2 aromatic carbocycles. The molecule has 2 heterocycles. The van der Waals surface area contributed by atoms with Crippen LogP contribution in [0.25, 0.3) is 0 Å². The molecule has 184 valence electrons. The Balaban J connectivity index is 1.49. The molecule has 1 atom stereocenters. The van der Waals surface area contributed by atoms with Crippen LogP contribution >= 0.6 is 0 Å². The summed E-state index contributed by atoms with van der Waals surface area (Å²) in [5, 5.41) is 3.27. The second kappa shape index (κ2) is 12.2. The summed E-state index contributed by atoms with van der Waals surface area (Å²) in [7, 11) is 0.